The van der Waals surface area contributed by atoms with Gasteiger partial charge in [0.05, 0.1) is 0 Å². The summed E-state index contributed by atoms with van der Waals surface area (Å²) in [4.78, 5) is 5.65. The molecule has 0 amide bonds. The van der Waals surface area contributed by atoms with Crippen molar-refractivity contribution in [3.8, 4) is 0 Å². The molecule has 3 heteroatoms. The monoisotopic (exact) mass is 294 g/mol. The van der Waals surface area contributed by atoms with Crippen LogP contribution in [0.3, 0.4) is 0 Å². The fourth-order valence-electron chi connectivity index (χ4n) is 2.85. The van der Waals surface area contributed by atoms with Crippen LogP contribution in [0.5, 0.6) is 0 Å². The normalized spacial score (nSPS) is 17.6. The Morgan fingerprint density at radius 1 is 1.20 bits per heavy atom. The number of hydrogen-bond acceptors (Lipinski definition) is 3. The van der Waals surface area contributed by atoms with E-state index in [2.05, 4.69) is 37.1 Å². The summed E-state index contributed by atoms with van der Waals surface area (Å²) >= 11 is 1.97. The van der Waals surface area contributed by atoms with E-state index in [-0.39, 0.29) is 0 Å². The lowest BCUT2D eigenvalue weighted by molar-refractivity contribution is 0.277. The first kappa shape index (κ1) is 16.0. The topological polar surface area (TPSA) is 15.3 Å². The number of hydrogen-bond donors (Lipinski definition) is 1. The van der Waals surface area contributed by atoms with Crippen LogP contribution in [0.15, 0.2) is 6.07 Å². The smallest absolute Gasteiger partial charge is 0.0300 e. The Morgan fingerprint density at radius 3 is 2.55 bits per heavy atom. The third-order valence-electron chi connectivity index (χ3n) is 4.02. The second kappa shape index (κ2) is 8.16. The van der Waals surface area contributed by atoms with E-state index < -0.39 is 0 Å². The third kappa shape index (κ3) is 5.19. The van der Waals surface area contributed by atoms with Crippen LogP contribution < -0.4 is 5.32 Å². The molecule has 1 aliphatic heterocycles. The van der Waals surface area contributed by atoms with E-state index in [4.69, 9.17) is 0 Å². The predicted molar refractivity (Wildman–Crippen MR) is 89.3 cm³/mol. The van der Waals surface area contributed by atoms with Crippen LogP contribution in [0.1, 0.15) is 54.8 Å². The highest BCUT2D eigenvalue weighted by atomic mass is 32.1. The van der Waals surface area contributed by atoms with Gasteiger partial charge in [-0.25, -0.2) is 0 Å². The molecule has 0 aliphatic carbocycles. The van der Waals surface area contributed by atoms with Crippen molar-refractivity contribution in [2.24, 2.45) is 5.92 Å². The highest BCUT2D eigenvalue weighted by Gasteiger charge is 2.12. The molecule has 0 bridgehead atoms. The Morgan fingerprint density at radius 2 is 1.90 bits per heavy atom. The van der Waals surface area contributed by atoms with Gasteiger partial charge in [0.1, 0.15) is 0 Å². The van der Waals surface area contributed by atoms with E-state index in [1.165, 1.54) is 48.5 Å². The van der Waals surface area contributed by atoms with Gasteiger partial charge in [-0.05, 0) is 56.9 Å². The maximum absolute atomic E-state index is 3.55. The van der Waals surface area contributed by atoms with Crippen LogP contribution in [0.25, 0.3) is 0 Å². The molecule has 20 heavy (non-hydrogen) atoms. The number of aryl methyl sites for hydroxylation is 1. The molecule has 114 valence electrons. The maximum atomic E-state index is 3.55. The number of rotatable bonds is 6. The van der Waals surface area contributed by atoms with Crippen LogP contribution in [0.2, 0.25) is 0 Å². The van der Waals surface area contributed by atoms with Crippen LogP contribution in [0.4, 0.5) is 0 Å². The van der Waals surface area contributed by atoms with Crippen molar-refractivity contribution < 1.29 is 0 Å². The van der Waals surface area contributed by atoms with Gasteiger partial charge < -0.3 is 5.32 Å². The van der Waals surface area contributed by atoms with Crippen molar-refractivity contribution in [2.75, 3.05) is 19.6 Å². The highest BCUT2D eigenvalue weighted by molar-refractivity contribution is 7.12. The molecule has 0 saturated carbocycles. The molecule has 1 N–H and O–H groups in total. The lowest BCUT2D eigenvalue weighted by Crippen LogP contribution is -2.24. The second-order valence-corrected chi connectivity index (χ2v) is 7.85. The van der Waals surface area contributed by atoms with Gasteiger partial charge in [-0.1, -0.05) is 26.7 Å². The summed E-state index contributed by atoms with van der Waals surface area (Å²) in [6.07, 6.45) is 5.60. The summed E-state index contributed by atoms with van der Waals surface area (Å²) in [6, 6.07) is 2.43. The minimum absolute atomic E-state index is 0.729. The lowest BCUT2D eigenvalue weighted by Gasteiger charge is -2.19. The first-order valence-electron chi connectivity index (χ1n) is 8.16. The third-order valence-corrected chi connectivity index (χ3v) is 5.11. The minimum atomic E-state index is 0.729. The van der Waals surface area contributed by atoms with Gasteiger partial charge in [0, 0.05) is 22.8 Å². The zero-order chi connectivity index (χ0) is 14.4. The molecule has 2 rings (SSSR count). The molecule has 0 radical (unpaired) electrons. The summed E-state index contributed by atoms with van der Waals surface area (Å²) in [5, 5.41) is 3.55. The molecule has 1 aromatic heterocycles. The van der Waals surface area contributed by atoms with E-state index >= 15 is 0 Å². The lowest BCUT2D eigenvalue weighted by atomic mass is 10.2. The second-order valence-electron chi connectivity index (χ2n) is 6.51. The van der Waals surface area contributed by atoms with Crippen LogP contribution in [-0.2, 0) is 13.1 Å². The molecule has 1 aromatic rings. The molecule has 0 atom stereocenters. The largest absolute Gasteiger partial charge is 0.312 e. The summed E-state index contributed by atoms with van der Waals surface area (Å²) in [5.74, 6) is 0.729. The number of nitrogens with one attached hydrogen (secondary N) is 1. The van der Waals surface area contributed by atoms with Crippen LogP contribution in [-0.4, -0.2) is 24.5 Å². The van der Waals surface area contributed by atoms with E-state index in [0.717, 1.165) is 25.6 Å². The average molecular weight is 295 g/mol. The molecule has 1 saturated heterocycles. The van der Waals surface area contributed by atoms with Crippen molar-refractivity contribution >= 4 is 11.3 Å². The maximum Gasteiger partial charge on any atom is 0.0300 e. The molecule has 2 heterocycles. The molecule has 2 nitrogen and oxygen atoms in total. The Kier molecular flexibility index (Phi) is 6.53. The van der Waals surface area contributed by atoms with Gasteiger partial charge in [0.15, 0.2) is 0 Å². The van der Waals surface area contributed by atoms with Crippen molar-refractivity contribution in [1.82, 2.24) is 10.2 Å². The molecule has 0 spiro atoms. The van der Waals surface area contributed by atoms with E-state index in [1.807, 2.05) is 11.3 Å². The number of thiophene rings is 1. The van der Waals surface area contributed by atoms with Gasteiger partial charge >= 0.3 is 0 Å². The summed E-state index contributed by atoms with van der Waals surface area (Å²) in [6.45, 7) is 12.7. The fraction of sp³-hybridized carbons (Fsp3) is 0.765. The van der Waals surface area contributed by atoms with Gasteiger partial charge in [0.2, 0.25) is 0 Å². The minimum Gasteiger partial charge on any atom is -0.312 e. The average Bonchev–Trinajstić information content (AvgIpc) is 2.61. The van der Waals surface area contributed by atoms with Crippen molar-refractivity contribution in [3.63, 3.8) is 0 Å². The van der Waals surface area contributed by atoms with Crippen molar-refractivity contribution in [1.29, 1.82) is 0 Å². The Labute approximate surface area is 128 Å². The Bertz CT molecular complexity index is 390. The molecule has 1 aliphatic rings. The standard InChI is InChI=1S/C17H30N2S/c1-14(2)11-18-12-17-10-16(15(3)20-17)13-19-8-6-4-5-7-9-19/h10,14,18H,4-9,11-13H2,1-3H3. The molecular weight excluding hydrogens is 264 g/mol. The zero-order valence-corrected chi connectivity index (χ0v) is 14.2. The fourth-order valence-corrected chi connectivity index (χ4v) is 3.87. The van der Waals surface area contributed by atoms with Gasteiger partial charge in [-0.2, -0.15) is 0 Å². The van der Waals surface area contributed by atoms with Gasteiger partial charge in [-0.15, -0.1) is 11.3 Å². The highest BCUT2D eigenvalue weighted by Crippen LogP contribution is 2.24. The SMILES string of the molecule is Cc1sc(CNCC(C)C)cc1CN1CCCCCC1. The molecule has 1 fully saturated rings. The molecular formula is C17H30N2S. The summed E-state index contributed by atoms with van der Waals surface area (Å²) in [5.41, 5.74) is 1.55. The van der Waals surface area contributed by atoms with Crippen LogP contribution >= 0.6 is 11.3 Å². The zero-order valence-electron chi connectivity index (χ0n) is 13.4. The number of likely N-dealkylation sites (tertiary alicyclic amines) is 1. The van der Waals surface area contributed by atoms with Gasteiger partial charge in [-0.3, -0.25) is 4.90 Å². The number of nitrogens with zero attached hydrogens (tertiary/aromatic N) is 1. The Hall–Kier alpha value is -0.380. The van der Waals surface area contributed by atoms with E-state index in [1.54, 1.807) is 5.56 Å². The first-order chi connectivity index (χ1) is 9.65. The van der Waals surface area contributed by atoms with Crippen molar-refractivity contribution in [3.05, 3.63) is 21.4 Å². The Balaban J connectivity index is 1.86. The molecule has 0 aromatic carbocycles. The quantitative estimate of drug-likeness (QED) is 0.847. The molecule has 0 unspecified atom stereocenters. The summed E-state index contributed by atoms with van der Waals surface area (Å²) < 4.78 is 0. The predicted octanol–water partition coefficient (Wildman–Crippen LogP) is 4.18. The van der Waals surface area contributed by atoms with Crippen molar-refractivity contribution in [2.45, 2.75) is 59.5 Å². The van der Waals surface area contributed by atoms with Crippen LogP contribution in [0, 0.1) is 12.8 Å². The first-order valence-corrected chi connectivity index (χ1v) is 8.98. The van der Waals surface area contributed by atoms with E-state index in [0.29, 0.717) is 0 Å². The summed E-state index contributed by atoms with van der Waals surface area (Å²) in [7, 11) is 0. The van der Waals surface area contributed by atoms with E-state index in [9.17, 15) is 0 Å². The van der Waals surface area contributed by atoms with Gasteiger partial charge in [0.25, 0.3) is 0 Å².